The van der Waals surface area contributed by atoms with Crippen LogP contribution in [-0.2, 0) is 18.6 Å². The standard InChI is InChI=1S/C13H16N2O2.C13H22N2.C11H21BO2.C10H19BO3.C8H7ClN2O2.C4H6O.CH4O/c1-5-6-10(4)11-7-8-14-12(9(2)3)13(11)15(16)17;1-5-6-10(4)11-7-8-15-13(9(2)3)12(11)14;1-7-8-9(2)12-13-10(3,4)11(5,6)14-12;1-8(6-7-12)11-13-9(2,3)10(4,5)14-11;1-5(2)7-8(11(12)13)6(9)3-4-10-7;1-2-3-4-5;1-2/h7-8H,2,4-6H2,1,3H3;7-10H,5-6,14H2,1-4H3;2,7-8H2,1,3-6H3;12H,1,6-7H2,2-5H3;3-4H,1H2,2H3;1,5H,3-4H2;2H,1H3. The molecule has 2 aliphatic heterocycles. The molecule has 80 heavy (non-hydrogen) atoms. The number of hydrogen-bond acceptors (Lipinski definition) is 15. The van der Waals surface area contributed by atoms with Gasteiger partial charge in [-0.15, -0.1) is 25.5 Å². The number of nitrogen functional groups attached to an aromatic ring is 1. The summed E-state index contributed by atoms with van der Waals surface area (Å²) in [5.74, 6) is 3.21. The largest absolute Gasteiger partial charge is 0.490 e. The number of halogens is 1. The lowest BCUT2D eigenvalue weighted by atomic mass is 9.77. The second kappa shape index (κ2) is 36.7. The van der Waals surface area contributed by atoms with E-state index in [9.17, 15) is 20.2 Å². The third-order valence-corrected chi connectivity index (χ3v) is 13.5. The zero-order valence-corrected chi connectivity index (χ0v) is 52.0. The minimum absolute atomic E-state index is 0.0125. The van der Waals surface area contributed by atoms with Crippen LogP contribution in [0.2, 0.25) is 5.02 Å². The summed E-state index contributed by atoms with van der Waals surface area (Å²) in [6.45, 7) is 51.7. The molecule has 3 aromatic heterocycles. The molecule has 444 valence electrons. The summed E-state index contributed by atoms with van der Waals surface area (Å²) in [5, 5.41) is 45.5. The van der Waals surface area contributed by atoms with Gasteiger partial charge in [-0.3, -0.25) is 25.2 Å². The molecule has 5 N–H and O–H groups in total. The summed E-state index contributed by atoms with van der Waals surface area (Å²) in [5.41, 5.74) is 12.9. The number of aliphatic hydroxyl groups is 3. The van der Waals surface area contributed by atoms with Crippen LogP contribution in [-0.4, -0.2) is 97.1 Å². The Kier molecular flexibility index (Phi) is 35.1. The molecule has 0 aromatic carbocycles. The molecule has 5 heterocycles. The number of pyridine rings is 3. The predicted octanol–water partition coefficient (Wildman–Crippen LogP) is 14.3. The first-order valence-electron chi connectivity index (χ1n) is 26.9. The molecule has 20 heteroatoms. The number of hydrogen-bond donors (Lipinski definition) is 4. The number of nitrogens with two attached hydrogens (primary N) is 1. The van der Waals surface area contributed by atoms with Crippen molar-refractivity contribution in [3.63, 3.8) is 0 Å². The van der Waals surface area contributed by atoms with Crippen molar-refractivity contribution in [2.24, 2.45) is 0 Å². The molecule has 0 radical (unpaired) electrons. The summed E-state index contributed by atoms with van der Waals surface area (Å²) in [7, 11) is 0.395. The number of nitrogens with zero attached hydrogens (tertiary/aromatic N) is 5. The van der Waals surface area contributed by atoms with Crippen molar-refractivity contribution >= 4 is 59.6 Å². The van der Waals surface area contributed by atoms with E-state index in [2.05, 4.69) is 122 Å². The summed E-state index contributed by atoms with van der Waals surface area (Å²) in [4.78, 5) is 33.0. The molecule has 1 atom stereocenters. The van der Waals surface area contributed by atoms with Gasteiger partial charge in [0.25, 0.3) is 0 Å². The number of aliphatic hydroxyl groups excluding tert-OH is 3. The molecule has 1 unspecified atom stereocenters. The fraction of sp³-hybridized carbons (Fsp3) is 0.550. The van der Waals surface area contributed by atoms with Crippen LogP contribution in [0.15, 0.2) is 80.6 Å². The van der Waals surface area contributed by atoms with Gasteiger partial charge in [0.15, 0.2) is 0 Å². The minimum atomic E-state index is -0.556. The number of rotatable bonds is 18. The van der Waals surface area contributed by atoms with Gasteiger partial charge in [-0.2, -0.15) is 0 Å². The van der Waals surface area contributed by atoms with Crippen LogP contribution >= 0.6 is 11.6 Å². The monoisotopic (exact) mass is 1130 g/mol. The molecule has 2 saturated heterocycles. The highest BCUT2D eigenvalue weighted by Gasteiger charge is 2.52. The average molecular weight is 1130 g/mol. The van der Waals surface area contributed by atoms with Crippen LogP contribution in [0.25, 0.3) is 16.7 Å². The van der Waals surface area contributed by atoms with Gasteiger partial charge in [0.1, 0.15) is 16.4 Å². The van der Waals surface area contributed by atoms with Gasteiger partial charge in [0.05, 0.1) is 55.8 Å². The highest BCUT2D eigenvalue weighted by Crippen LogP contribution is 2.40. The van der Waals surface area contributed by atoms with Crippen molar-refractivity contribution in [3.8, 4) is 12.3 Å². The van der Waals surface area contributed by atoms with E-state index in [0.29, 0.717) is 47.1 Å². The first kappa shape index (κ1) is 76.5. The third-order valence-electron chi connectivity index (χ3n) is 13.2. The Morgan fingerprint density at radius 2 is 1.11 bits per heavy atom. The van der Waals surface area contributed by atoms with Gasteiger partial charge < -0.3 is 39.7 Å². The summed E-state index contributed by atoms with van der Waals surface area (Å²) in [6, 6.07) is 5.08. The van der Waals surface area contributed by atoms with Gasteiger partial charge >= 0.3 is 25.6 Å². The van der Waals surface area contributed by atoms with Crippen LogP contribution in [0, 0.1) is 32.6 Å². The highest BCUT2D eigenvalue weighted by molar-refractivity contribution is 6.54. The van der Waals surface area contributed by atoms with Gasteiger partial charge in [0.2, 0.25) is 0 Å². The molecule has 0 bridgehead atoms. The van der Waals surface area contributed by atoms with E-state index in [0.717, 1.165) is 60.7 Å². The first-order valence-corrected chi connectivity index (χ1v) is 27.3. The van der Waals surface area contributed by atoms with Gasteiger partial charge in [-0.25, -0.2) is 9.97 Å². The molecule has 17 nitrogen and oxygen atoms in total. The molecule has 0 spiro atoms. The molecule has 0 aliphatic carbocycles. The van der Waals surface area contributed by atoms with Crippen molar-refractivity contribution in [2.45, 2.75) is 196 Å². The molecule has 3 aromatic rings. The Labute approximate surface area is 485 Å². The third kappa shape index (κ3) is 23.9. The van der Waals surface area contributed by atoms with Crippen molar-refractivity contribution in [1.82, 2.24) is 15.0 Å². The van der Waals surface area contributed by atoms with Crippen molar-refractivity contribution in [1.29, 1.82) is 0 Å². The lowest BCUT2D eigenvalue weighted by Gasteiger charge is -2.32. The summed E-state index contributed by atoms with van der Waals surface area (Å²) in [6.07, 6.45) is 16.7. The van der Waals surface area contributed by atoms with Gasteiger partial charge in [0, 0.05) is 38.7 Å². The Morgan fingerprint density at radius 3 is 1.45 bits per heavy atom. The van der Waals surface area contributed by atoms with E-state index < -0.39 is 9.85 Å². The smallest absolute Gasteiger partial charge is 0.400 e. The average Bonchev–Trinajstić information content (AvgIpc) is 3.74. The van der Waals surface area contributed by atoms with Gasteiger partial charge in [-0.1, -0.05) is 92.1 Å². The molecule has 0 amide bonds. The van der Waals surface area contributed by atoms with E-state index >= 15 is 0 Å². The number of allylic oxidation sites excluding steroid dienone is 4. The highest BCUT2D eigenvalue weighted by atomic mass is 35.5. The summed E-state index contributed by atoms with van der Waals surface area (Å²) < 4.78 is 23.2. The van der Waals surface area contributed by atoms with E-state index in [4.69, 9.17) is 57.7 Å². The lowest BCUT2D eigenvalue weighted by Crippen LogP contribution is -2.41. The Balaban J connectivity index is 0. The Morgan fingerprint density at radius 1 is 0.700 bits per heavy atom. The van der Waals surface area contributed by atoms with Crippen LogP contribution < -0.4 is 5.73 Å². The van der Waals surface area contributed by atoms with Gasteiger partial charge in [-0.05, 0) is 158 Å². The zero-order valence-electron chi connectivity index (χ0n) is 51.3. The maximum atomic E-state index is 11.1. The van der Waals surface area contributed by atoms with E-state index in [-0.39, 0.29) is 71.9 Å². The van der Waals surface area contributed by atoms with Crippen LogP contribution in [0.5, 0.6) is 0 Å². The maximum Gasteiger partial charge on any atom is 0.490 e. The van der Waals surface area contributed by atoms with Crippen molar-refractivity contribution < 1.29 is 43.8 Å². The molecule has 5 rings (SSSR count). The molecule has 2 aliphatic rings. The van der Waals surface area contributed by atoms with E-state index in [1.807, 2.05) is 40.8 Å². The van der Waals surface area contributed by atoms with Crippen LogP contribution in [0.3, 0.4) is 0 Å². The van der Waals surface area contributed by atoms with Crippen LogP contribution in [0.1, 0.15) is 202 Å². The van der Waals surface area contributed by atoms with E-state index in [1.165, 1.54) is 30.7 Å². The lowest BCUT2D eigenvalue weighted by molar-refractivity contribution is -0.385. The second-order valence-electron chi connectivity index (χ2n) is 21.4. The number of nitro groups is 2. The zero-order chi connectivity index (χ0) is 62.5. The normalized spacial score (nSPS) is 15.0. The number of terminal acetylenes is 1. The van der Waals surface area contributed by atoms with Crippen LogP contribution in [0.4, 0.5) is 17.1 Å². The second-order valence-corrected chi connectivity index (χ2v) is 21.8. The molecule has 0 saturated carbocycles. The minimum Gasteiger partial charge on any atom is -0.400 e. The Bertz CT molecular complexity index is 2460. The molecular formula is C60H95B2ClN6O11. The predicted molar refractivity (Wildman–Crippen MR) is 332 cm³/mol. The molecule has 2 fully saturated rings. The van der Waals surface area contributed by atoms with E-state index in [1.54, 1.807) is 26.1 Å². The number of anilines is 1. The van der Waals surface area contributed by atoms with Crippen molar-refractivity contribution in [3.05, 3.63) is 134 Å². The fourth-order valence-corrected chi connectivity index (χ4v) is 7.57. The SMILES string of the molecule is C#CCCO.C=C(C)c1nccc(Cl)c1[N+](=O)[O-].C=C(CCC)B1OC(C)(C)C(C)(C)O1.C=C(CCC)c1ccnc(C(=C)C)c1[N+](=O)[O-].C=C(CCO)B1OC(C)(C)C(C)(C)O1.CCCC(C)c1ccnc(C(C)C)c1N.CO. The Hall–Kier alpha value is -5.55. The topological polar surface area (TPSA) is 249 Å². The quantitative estimate of drug-likeness (QED) is 0.0400. The fourth-order valence-electron chi connectivity index (χ4n) is 7.36. The maximum absolute atomic E-state index is 11.1. The first-order chi connectivity index (χ1) is 37.1. The number of aromatic nitrogens is 3. The van der Waals surface area contributed by atoms with Crippen molar-refractivity contribution in [2.75, 3.05) is 26.1 Å². The molecular weight excluding hydrogens is 1040 g/mol. The summed E-state index contributed by atoms with van der Waals surface area (Å²) >= 11 is 5.65.